The molecule has 118 valence electrons. The molecule has 0 N–H and O–H groups in total. The highest BCUT2D eigenvalue weighted by Gasteiger charge is 2.18. The second kappa shape index (κ2) is 4.51. The predicted octanol–water partition coefficient (Wildman–Crippen LogP) is 6.43. The molecular weight excluding hydrogens is 290 g/mol. The summed E-state index contributed by atoms with van der Waals surface area (Å²) in [5, 5.41) is 5.43. The molecule has 0 bridgehead atoms. The summed E-state index contributed by atoms with van der Waals surface area (Å²) in [5.74, 6) is 0. The first-order valence-corrected chi connectivity index (χ1v) is 8.69. The van der Waals surface area contributed by atoms with Crippen molar-refractivity contribution in [2.45, 2.75) is 27.2 Å². The lowest BCUT2D eigenvalue weighted by atomic mass is 9.88. The summed E-state index contributed by atoms with van der Waals surface area (Å²) in [5.41, 5.74) is 5.73. The van der Waals surface area contributed by atoms with Crippen LogP contribution in [0.25, 0.3) is 38.1 Å². The van der Waals surface area contributed by atoms with Gasteiger partial charge in [-0.05, 0) is 29.5 Å². The van der Waals surface area contributed by atoms with Crippen LogP contribution in [0, 0.1) is 5.41 Å². The summed E-state index contributed by atoms with van der Waals surface area (Å²) in [6, 6.07) is 22.5. The molecule has 1 nitrogen and oxygen atoms in total. The zero-order chi connectivity index (χ0) is 16.5. The van der Waals surface area contributed by atoms with Crippen LogP contribution in [-0.2, 0) is 6.42 Å². The van der Waals surface area contributed by atoms with Crippen LogP contribution in [0.4, 0.5) is 0 Å². The lowest BCUT2D eigenvalue weighted by Crippen LogP contribution is -2.08. The van der Waals surface area contributed by atoms with Crippen LogP contribution in [-0.4, -0.2) is 4.40 Å². The maximum Gasteiger partial charge on any atom is 0.0620 e. The van der Waals surface area contributed by atoms with E-state index in [0.29, 0.717) is 5.41 Å². The SMILES string of the molecule is CC(C)(C)Cc1ccc2c3cccc4c5ccccc5n(c2c1)c43. The smallest absolute Gasteiger partial charge is 0.0620 e. The third-order valence-electron chi connectivity index (χ3n) is 5.02. The van der Waals surface area contributed by atoms with Gasteiger partial charge in [-0.2, -0.15) is 0 Å². The fraction of sp³-hybridized carbons (Fsp3) is 0.217. The van der Waals surface area contributed by atoms with E-state index in [0.717, 1.165) is 6.42 Å². The largest absolute Gasteiger partial charge is 0.308 e. The van der Waals surface area contributed by atoms with Gasteiger partial charge in [0.05, 0.1) is 16.6 Å². The predicted molar refractivity (Wildman–Crippen MR) is 104 cm³/mol. The first-order valence-electron chi connectivity index (χ1n) is 8.69. The van der Waals surface area contributed by atoms with E-state index in [4.69, 9.17) is 0 Å². The molecule has 1 heteroatoms. The molecule has 24 heavy (non-hydrogen) atoms. The molecular formula is C23H21N. The average Bonchev–Trinajstić information content (AvgIpc) is 3.04. The second-order valence-electron chi connectivity index (χ2n) is 8.14. The van der Waals surface area contributed by atoms with Crippen LogP contribution in [0.1, 0.15) is 26.3 Å². The minimum atomic E-state index is 0.299. The summed E-state index contributed by atoms with van der Waals surface area (Å²) in [4.78, 5) is 0. The Bertz CT molecular complexity index is 1200. The van der Waals surface area contributed by atoms with Gasteiger partial charge >= 0.3 is 0 Å². The van der Waals surface area contributed by atoms with Crippen molar-refractivity contribution in [1.82, 2.24) is 4.40 Å². The van der Waals surface area contributed by atoms with Gasteiger partial charge in [0.15, 0.2) is 0 Å². The Morgan fingerprint density at radius 1 is 0.708 bits per heavy atom. The Kier molecular flexibility index (Phi) is 2.60. The molecule has 0 saturated heterocycles. The van der Waals surface area contributed by atoms with Crippen molar-refractivity contribution < 1.29 is 0 Å². The van der Waals surface area contributed by atoms with E-state index < -0.39 is 0 Å². The van der Waals surface area contributed by atoms with Crippen LogP contribution in [0.5, 0.6) is 0 Å². The molecule has 2 aromatic heterocycles. The van der Waals surface area contributed by atoms with Crippen LogP contribution in [0.15, 0.2) is 60.7 Å². The maximum absolute atomic E-state index is 2.46. The van der Waals surface area contributed by atoms with E-state index in [1.165, 1.54) is 43.7 Å². The Morgan fingerprint density at radius 3 is 2.12 bits per heavy atom. The Balaban J connectivity index is 1.97. The van der Waals surface area contributed by atoms with Gasteiger partial charge in [0.1, 0.15) is 0 Å². The van der Waals surface area contributed by atoms with E-state index in [-0.39, 0.29) is 0 Å². The summed E-state index contributed by atoms with van der Waals surface area (Å²) in [7, 11) is 0. The standard InChI is InChI=1S/C23H21N/c1-23(2,3)14-15-11-12-17-19-9-6-8-18-16-7-4-5-10-20(16)24(22(18)19)21(17)13-15/h4-13H,14H2,1-3H3. The average molecular weight is 311 g/mol. The molecule has 0 atom stereocenters. The van der Waals surface area contributed by atoms with Crippen molar-refractivity contribution in [2.75, 3.05) is 0 Å². The molecule has 5 aromatic rings. The Labute approximate surface area is 141 Å². The zero-order valence-electron chi connectivity index (χ0n) is 14.4. The van der Waals surface area contributed by atoms with Crippen molar-refractivity contribution >= 4 is 38.1 Å². The van der Waals surface area contributed by atoms with Crippen molar-refractivity contribution in [3.8, 4) is 0 Å². The summed E-state index contributed by atoms with van der Waals surface area (Å²) < 4.78 is 2.46. The summed E-state index contributed by atoms with van der Waals surface area (Å²) >= 11 is 0. The lowest BCUT2D eigenvalue weighted by Gasteiger charge is -2.18. The van der Waals surface area contributed by atoms with Gasteiger partial charge < -0.3 is 4.40 Å². The van der Waals surface area contributed by atoms with Crippen LogP contribution >= 0.6 is 0 Å². The van der Waals surface area contributed by atoms with Crippen LogP contribution in [0.2, 0.25) is 0 Å². The second-order valence-corrected chi connectivity index (χ2v) is 8.14. The van der Waals surface area contributed by atoms with Crippen molar-refractivity contribution in [1.29, 1.82) is 0 Å². The number of aromatic nitrogens is 1. The number of para-hydroxylation sites is 2. The number of nitrogens with zero attached hydrogens (tertiary/aromatic N) is 1. The van der Waals surface area contributed by atoms with Crippen molar-refractivity contribution in [3.05, 3.63) is 66.2 Å². The molecule has 0 aliphatic rings. The highest BCUT2D eigenvalue weighted by molar-refractivity contribution is 6.23. The van der Waals surface area contributed by atoms with Crippen LogP contribution in [0.3, 0.4) is 0 Å². The van der Waals surface area contributed by atoms with Crippen molar-refractivity contribution in [2.24, 2.45) is 5.41 Å². The van der Waals surface area contributed by atoms with E-state index in [2.05, 4.69) is 85.8 Å². The van der Waals surface area contributed by atoms with E-state index in [1.807, 2.05) is 0 Å². The monoisotopic (exact) mass is 311 g/mol. The lowest BCUT2D eigenvalue weighted by molar-refractivity contribution is 0.411. The van der Waals surface area contributed by atoms with Gasteiger partial charge in [0, 0.05) is 21.5 Å². The Hall–Kier alpha value is -2.54. The molecule has 0 spiro atoms. The quantitative estimate of drug-likeness (QED) is 0.336. The van der Waals surface area contributed by atoms with Crippen molar-refractivity contribution in [3.63, 3.8) is 0 Å². The highest BCUT2D eigenvalue weighted by atomic mass is 14.9. The Morgan fingerprint density at radius 2 is 1.38 bits per heavy atom. The summed E-state index contributed by atoms with van der Waals surface area (Å²) in [6.07, 6.45) is 1.10. The number of hydrogen-bond acceptors (Lipinski definition) is 0. The van der Waals surface area contributed by atoms with Gasteiger partial charge in [-0.3, -0.25) is 0 Å². The molecule has 0 saturated carbocycles. The minimum Gasteiger partial charge on any atom is -0.308 e. The minimum absolute atomic E-state index is 0.299. The van der Waals surface area contributed by atoms with Crippen LogP contribution < -0.4 is 0 Å². The molecule has 0 fully saturated rings. The molecule has 2 heterocycles. The normalized spacial score (nSPS) is 13.0. The van der Waals surface area contributed by atoms with Gasteiger partial charge in [-0.15, -0.1) is 0 Å². The maximum atomic E-state index is 2.46. The zero-order valence-corrected chi connectivity index (χ0v) is 14.4. The molecule has 0 amide bonds. The number of rotatable bonds is 1. The molecule has 0 aliphatic carbocycles. The molecule has 0 aliphatic heterocycles. The fourth-order valence-electron chi connectivity index (χ4n) is 4.20. The highest BCUT2D eigenvalue weighted by Crippen LogP contribution is 2.39. The number of benzene rings is 3. The van der Waals surface area contributed by atoms with E-state index >= 15 is 0 Å². The third kappa shape index (κ3) is 1.81. The topological polar surface area (TPSA) is 4.41 Å². The third-order valence-corrected chi connectivity index (χ3v) is 5.02. The first-order chi connectivity index (χ1) is 11.5. The molecule has 0 radical (unpaired) electrons. The van der Waals surface area contributed by atoms with E-state index in [1.54, 1.807) is 0 Å². The van der Waals surface area contributed by atoms with E-state index in [9.17, 15) is 0 Å². The fourth-order valence-corrected chi connectivity index (χ4v) is 4.20. The summed E-state index contributed by atoms with van der Waals surface area (Å²) in [6.45, 7) is 6.91. The molecule has 5 rings (SSSR count). The number of hydrogen-bond donors (Lipinski definition) is 0. The first kappa shape index (κ1) is 13.9. The van der Waals surface area contributed by atoms with Gasteiger partial charge in [-0.1, -0.05) is 69.3 Å². The number of fused-ring (bicyclic) bond motifs is 6. The molecule has 3 aromatic carbocycles. The van der Waals surface area contributed by atoms with Gasteiger partial charge in [0.2, 0.25) is 0 Å². The molecule has 0 unspecified atom stereocenters. The van der Waals surface area contributed by atoms with Gasteiger partial charge in [-0.25, -0.2) is 0 Å². The van der Waals surface area contributed by atoms with Gasteiger partial charge in [0.25, 0.3) is 0 Å².